The summed E-state index contributed by atoms with van der Waals surface area (Å²) >= 11 is 0. The van der Waals surface area contributed by atoms with Crippen LogP contribution in [-0.4, -0.2) is 43.2 Å². The van der Waals surface area contributed by atoms with E-state index in [0.29, 0.717) is 12.0 Å². The lowest BCUT2D eigenvalue weighted by Crippen LogP contribution is -2.19. The first-order chi connectivity index (χ1) is 21.0. The number of para-hydroxylation sites is 1. The number of imidazole rings is 1. The molecule has 0 radical (unpaired) electrons. The van der Waals surface area contributed by atoms with Gasteiger partial charge in [0.2, 0.25) is 0 Å². The van der Waals surface area contributed by atoms with Crippen LogP contribution in [0.1, 0.15) is 54.9 Å². The lowest BCUT2D eigenvalue weighted by atomic mass is 9.93. The first-order valence-electron chi connectivity index (χ1n) is 14.0. The van der Waals surface area contributed by atoms with Crippen molar-refractivity contribution in [1.82, 2.24) is 9.97 Å². The number of benzene rings is 4. The van der Waals surface area contributed by atoms with Gasteiger partial charge < -0.3 is 23.9 Å². The average Bonchev–Trinajstić information content (AvgIpc) is 3.49. The largest absolute Gasteiger partial charge is 0.497 e. The van der Waals surface area contributed by atoms with Crippen molar-refractivity contribution >= 4 is 23.0 Å². The molecule has 0 saturated heterocycles. The fraction of sp³-hybridized carbons (Fsp3) is 0.229. The normalized spacial score (nSPS) is 11.7. The number of ether oxygens (including phenoxy) is 4. The van der Waals surface area contributed by atoms with Gasteiger partial charge in [0, 0.05) is 18.4 Å². The number of carbonyl (C=O) groups is 2. The maximum Gasteiger partial charge on any atom is 0.339 e. The Morgan fingerprint density at radius 2 is 1.51 bits per heavy atom. The zero-order chi connectivity index (χ0) is 30.2. The minimum absolute atomic E-state index is 0.118. The van der Waals surface area contributed by atoms with Crippen LogP contribution in [0.3, 0.4) is 0 Å². The lowest BCUT2D eigenvalue weighted by molar-refractivity contribution is 0.0371. The summed E-state index contributed by atoms with van der Waals surface area (Å²) in [6.45, 7) is 0.226. The zero-order valence-corrected chi connectivity index (χ0v) is 24.5. The molecule has 0 aliphatic heterocycles. The van der Waals surface area contributed by atoms with Gasteiger partial charge in [0.25, 0.3) is 0 Å². The van der Waals surface area contributed by atoms with Gasteiger partial charge in [0.05, 0.1) is 56.2 Å². The maximum atomic E-state index is 13.0. The van der Waals surface area contributed by atoms with Crippen LogP contribution in [0.4, 0.5) is 0 Å². The van der Waals surface area contributed by atoms with E-state index in [1.165, 1.54) is 19.8 Å². The highest BCUT2D eigenvalue weighted by Gasteiger charge is 2.27. The highest BCUT2D eigenvalue weighted by molar-refractivity contribution is 6.04. The lowest BCUT2D eigenvalue weighted by Gasteiger charge is -2.22. The quantitative estimate of drug-likeness (QED) is 0.170. The number of hydrogen-bond donors (Lipinski definition) is 1. The molecule has 5 rings (SSSR count). The highest BCUT2D eigenvalue weighted by Crippen LogP contribution is 2.31. The van der Waals surface area contributed by atoms with Gasteiger partial charge in [0.1, 0.15) is 11.6 Å². The number of nitrogens with zero attached hydrogens (tertiary/aromatic N) is 1. The Hall–Kier alpha value is -4.95. The number of esters is 2. The summed E-state index contributed by atoms with van der Waals surface area (Å²) in [6.07, 6.45) is 1.49. The second kappa shape index (κ2) is 13.8. The molecule has 1 heterocycles. The molecule has 0 aliphatic carbocycles. The molecular weight excluding hydrogens is 544 g/mol. The highest BCUT2D eigenvalue weighted by atomic mass is 16.5. The smallest absolute Gasteiger partial charge is 0.339 e. The summed E-state index contributed by atoms with van der Waals surface area (Å²) in [7, 11) is 4.18. The minimum atomic E-state index is -0.642. The zero-order valence-electron chi connectivity index (χ0n) is 24.5. The number of rotatable bonds is 12. The summed E-state index contributed by atoms with van der Waals surface area (Å²) < 4.78 is 21.9. The van der Waals surface area contributed by atoms with Crippen LogP contribution in [0.15, 0.2) is 91.0 Å². The van der Waals surface area contributed by atoms with E-state index in [2.05, 4.69) is 17.1 Å². The Kier molecular flexibility index (Phi) is 9.49. The number of aromatic nitrogens is 2. The van der Waals surface area contributed by atoms with Gasteiger partial charge in [0.15, 0.2) is 0 Å². The number of carbonyl (C=O) groups excluding carboxylic acids is 2. The third-order valence-electron chi connectivity index (χ3n) is 7.40. The van der Waals surface area contributed by atoms with Crippen LogP contribution >= 0.6 is 0 Å². The third-order valence-corrected chi connectivity index (χ3v) is 7.40. The van der Waals surface area contributed by atoms with E-state index in [9.17, 15) is 9.59 Å². The summed E-state index contributed by atoms with van der Waals surface area (Å²) in [4.78, 5) is 34.0. The number of hydrogen-bond acceptors (Lipinski definition) is 7. The van der Waals surface area contributed by atoms with Gasteiger partial charge in [-0.3, -0.25) is 0 Å². The average molecular weight is 579 g/mol. The molecule has 1 N–H and O–H groups in total. The van der Waals surface area contributed by atoms with E-state index in [4.69, 9.17) is 23.9 Å². The molecule has 0 amide bonds. The summed E-state index contributed by atoms with van der Waals surface area (Å²) in [5.74, 6) is 0.365. The van der Waals surface area contributed by atoms with Crippen molar-refractivity contribution in [2.45, 2.75) is 32.0 Å². The maximum absolute atomic E-state index is 13.0. The summed E-state index contributed by atoms with van der Waals surface area (Å²) in [5, 5.41) is 0. The Morgan fingerprint density at radius 3 is 2.23 bits per heavy atom. The number of methoxy groups -OCH3 is 3. The van der Waals surface area contributed by atoms with Crippen molar-refractivity contribution in [3.8, 4) is 5.75 Å². The Bertz CT molecular complexity index is 1700. The predicted octanol–water partition coefficient (Wildman–Crippen LogP) is 6.43. The minimum Gasteiger partial charge on any atom is -0.497 e. The van der Waals surface area contributed by atoms with Crippen molar-refractivity contribution < 1.29 is 28.5 Å². The van der Waals surface area contributed by atoms with E-state index in [-0.39, 0.29) is 17.7 Å². The second-order valence-corrected chi connectivity index (χ2v) is 10.1. The summed E-state index contributed by atoms with van der Waals surface area (Å²) in [6, 6.07) is 29.0. The monoisotopic (exact) mass is 578 g/mol. The van der Waals surface area contributed by atoms with Crippen LogP contribution in [0, 0.1) is 0 Å². The number of fused-ring (bicyclic) bond motifs is 1. The fourth-order valence-corrected chi connectivity index (χ4v) is 5.16. The molecule has 5 aromatic rings. The topological polar surface area (TPSA) is 99.7 Å². The number of aromatic amines is 1. The molecular formula is C35H34N2O6. The van der Waals surface area contributed by atoms with E-state index < -0.39 is 18.0 Å². The Morgan fingerprint density at radius 1 is 0.767 bits per heavy atom. The van der Waals surface area contributed by atoms with Gasteiger partial charge in [-0.05, 0) is 47.4 Å². The van der Waals surface area contributed by atoms with Crippen LogP contribution in [0.5, 0.6) is 5.75 Å². The molecule has 0 saturated carbocycles. The van der Waals surface area contributed by atoms with Crippen molar-refractivity contribution in [2.75, 3.05) is 21.3 Å². The molecule has 43 heavy (non-hydrogen) atoms. The standard InChI is InChI=1S/C35H34N2O6/c1-40-26-18-15-24(16-19-26)21-30(27-12-8-13-28(34(38)41-2)32(27)35(39)42-3)43-22-25-11-7-14-29-33(25)37-31(36-29)20-17-23-9-5-4-6-10-23/h4-16,18-19,30H,17,20-22H2,1-3H3,(H,36,37). The molecule has 0 bridgehead atoms. The number of aryl methyl sites for hydroxylation is 2. The van der Waals surface area contributed by atoms with E-state index in [1.54, 1.807) is 25.3 Å². The molecule has 0 spiro atoms. The number of H-pyrrole nitrogens is 1. The van der Waals surface area contributed by atoms with E-state index >= 15 is 0 Å². The Labute approximate surface area is 250 Å². The van der Waals surface area contributed by atoms with Crippen molar-refractivity contribution in [2.24, 2.45) is 0 Å². The summed E-state index contributed by atoms with van der Waals surface area (Å²) in [5.41, 5.74) is 5.66. The molecule has 8 nitrogen and oxygen atoms in total. The molecule has 0 aliphatic rings. The van der Waals surface area contributed by atoms with Gasteiger partial charge >= 0.3 is 11.9 Å². The number of nitrogens with one attached hydrogen (secondary N) is 1. The predicted molar refractivity (Wildman–Crippen MR) is 163 cm³/mol. The molecule has 0 fully saturated rings. The fourth-order valence-electron chi connectivity index (χ4n) is 5.16. The second-order valence-electron chi connectivity index (χ2n) is 10.1. The SMILES string of the molecule is COC(=O)c1cccc(C(Cc2ccc(OC)cc2)OCc2cccc3[nH]c(CCc4ccccc4)nc23)c1C(=O)OC. The van der Waals surface area contributed by atoms with Gasteiger partial charge in [-0.2, -0.15) is 0 Å². The molecule has 1 atom stereocenters. The van der Waals surface area contributed by atoms with Crippen LogP contribution in [-0.2, 0) is 40.1 Å². The van der Waals surface area contributed by atoms with Gasteiger partial charge in [-0.15, -0.1) is 0 Å². The van der Waals surface area contributed by atoms with Crippen molar-refractivity contribution in [3.63, 3.8) is 0 Å². The molecule has 1 aromatic heterocycles. The first-order valence-corrected chi connectivity index (χ1v) is 14.0. The van der Waals surface area contributed by atoms with Crippen LogP contribution < -0.4 is 4.74 Å². The first kappa shape index (κ1) is 29.5. The molecule has 1 unspecified atom stereocenters. The van der Waals surface area contributed by atoms with Crippen LogP contribution in [0.25, 0.3) is 11.0 Å². The molecule has 8 heteroatoms. The van der Waals surface area contributed by atoms with Gasteiger partial charge in [-0.1, -0.05) is 66.7 Å². The van der Waals surface area contributed by atoms with Crippen LogP contribution in [0.2, 0.25) is 0 Å². The third kappa shape index (κ3) is 6.93. The Balaban J connectivity index is 1.46. The van der Waals surface area contributed by atoms with E-state index in [1.807, 2.05) is 60.7 Å². The van der Waals surface area contributed by atoms with Crippen molar-refractivity contribution in [3.05, 3.63) is 130 Å². The van der Waals surface area contributed by atoms with E-state index in [0.717, 1.165) is 46.6 Å². The van der Waals surface area contributed by atoms with Crippen molar-refractivity contribution in [1.29, 1.82) is 0 Å². The molecule has 220 valence electrons. The van der Waals surface area contributed by atoms with Gasteiger partial charge in [-0.25, -0.2) is 14.6 Å². The molecule has 4 aromatic carbocycles.